The van der Waals surface area contributed by atoms with Crippen LogP contribution in [0, 0.1) is 5.82 Å². The molecule has 130 valence electrons. The lowest BCUT2D eigenvalue weighted by Crippen LogP contribution is -2.36. The molecule has 0 aliphatic carbocycles. The van der Waals surface area contributed by atoms with Crippen LogP contribution in [0.2, 0.25) is 0 Å². The van der Waals surface area contributed by atoms with E-state index in [-0.39, 0.29) is 36.1 Å². The highest BCUT2D eigenvalue weighted by molar-refractivity contribution is 5.90. The largest absolute Gasteiger partial charge is 0.345 e. The van der Waals surface area contributed by atoms with Gasteiger partial charge in [0.25, 0.3) is 5.91 Å². The first-order chi connectivity index (χ1) is 11.1. The molecule has 0 spiro atoms. The van der Waals surface area contributed by atoms with E-state index in [1.54, 1.807) is 18.2 Å². The number of hydrogen-bond donors (Lipinski definition) is 2. The van der Waals surface area contributed by atoms with Gasteiger partial charge in [0.15, 0.2) is 0 Å². The molecule has 1 fully saturated rings. The van der Waals surface area contributed by atoms with Crippen molar-refractivity contribution in [3.8, 4) is 5.69 Å². The molecular weight excluding hydrogens is 333 g/mol. The SMILES string of the molecule is CC(C)c1nc(C(=O)NC2CCNC2)nn1-c1ccccc1F.Cl. The second-order valence-electron chi connectivity index (χ2n) is 5.97. The van der Waals surface area contributed by atoms with E-state index in [1.165, 1.54) is 10.7 Å². The van der Waals surface area contributed by atoms with Crippen LogP contribution in [0.15, 0.2) is 24.3 Å². The molecule has 2 aromatic rings. The Hall–Kier alpha value is -1.99. The number of nitrogens with zero attached hydrogens (tertiary/aromatic N) is 3. The Morgan fingerprint density at radius 3 is 2.79 bits per heavy atom. The molecule has 2 heterocycles. The van der Waals surface area contributed by atoms with Crippen molar-refractivity contribution in [3.05, 3.63) is 41.7 Å². The standard InChI is InChI=1S/C16H20FN5O.ClH/c1-10(2)15-20-14(16(23)19-11-7-8-18-9-11)21-22(15)13-6-4-3-5-12(13)17;/h3-6,10-11,18H,7-9H2,1-2H3,(H,19,23);1H. The number of halogens is 2. The second kappa shape index (κ2) is 7.72. The molecular formula is C16H21ClFN5O. The average Bonchev–Trinajstić information content (AvgIpc) is 3.16. The number of para-hydroxylation sites is 1. The average molecular weight is 354 g/mol. The summed E-state index contributed by atoms with van der Waals surface area (Å²) in [4.78, 5) is 16.7. The number of carbonyl (C=O) groups is 1. The first-order valence-electron chi connectivity index (χ1n) is 7.79. The zero-order chi connectivity index (χ0) is 16.4. The van der Waals surface area contributed by atoms with Gasteiger partial charge in [0, 0.05) is 18.5 Å². The van der Waals surface area contributed by atoms with Gasteiger partial charge in [-0.15, -0.1) is 17.5 Å². The minimum atomic E-state index is -0.397. The summed E-state index contributed by atoms with van der Waals surface area (Å²) in [6.07, 6.45) is 0.886. The van der Waals surface area contributed by atoms with Crippen LogP contribution in [0.3, 0.4) is 0 Å². The van der Waals surface area contributed by atoms with Crippen LogP contribution in [0.25, 0.3) is 5.69 Å². The van der Waals surface area contributed by atoms with Crippen molar-refractivity contribution in [2.45, 2.75) is 32.2 Å². The van der Waals surface area contributed by atoms with Gasteiger partial charge in [0.1, 0.15) is 17.3 Å². The highest BCUT2D eigenvalue weighted by Crippen LogP contribution is 2.19. The summed E-state index contributed by atoms with van der Waals surface area (Å²) in [7, 11) is 0. The fraction of sp³-hybridized carbons (Fsp3) is 0.438. The number of aromatic nitrogens is 3. The fourth-order valence-corrected chi connectivity index (χ4v) is 2.62. The van der Waals surface area contributed by atoms with Crippen molar-refractivity contribution in [2.75, 3.05) is 13.1 Å². The smallest absolute Gasteiger partial charge is 0.291 e. The summed E-state index contributed by atoms with van der Waals surface area (Å²) < 4.78 is 15.5. The molecule has 0 saturated carbocycles. The molecule has 0 bridgehead atoms. The number of benzene rings is 1. The normalized spacial score (nSPS) is 16.9. The molecule has 1 aliphatic rings. The number of hydrogen-bond acceptors (Lipinski definition) is 4. The van der Waals surface area contributed by atoms with E-state index in [2.05, 4.69) is 20.7 Å². The van der Waals surface area contributed by atoms with E-state index in [0.717, 1.165) is 19.5 Å². The van der Waals surface area contributed by atoms with Crippen molar-refractivity contribution < 1.29 is 9.18 Å². The van der Waals surface area contributed by atoms with E-state index < -0.39 is 5.82 Å². The fourth-order valence-electron chi connectivity index (χ4n) is 2.62. The third-order valence-electron chi connectivity index (χ3n) is 3.83. The number of amides is 1. The molecule has 1 aromatic carbocycles. The van der Waals surface area contributed by atoms with Gasteiger partial charge in [0.05, 0.1) is 0 Å². The Balaban J connectivity index is 0.00000208. The van der Waals surface area contributed by atoms with Crippen LogP contribution < -0.4 is 10.6 Å². The molecule has 1 aliphatic heterocycles. The molecule has 0 radical (unpaired) electrons. The van der Waals surface area contributed by atoms with E-state index >= 15 is 0 Å². The van der Waals surface area contributed by atoms with E-state index in [4.69, 9.17) is 0 Å². The maximum Gasteiger partial charge on any atom is 0.291 e. The molecule has 1 unspecified atom stereocenters. The van der Waals surface area contributed by atoms with E-state index in [1.807, 2.05) is 13.8 Å². The Morgan fingerprint density at radius 2 is 2.17 bits per heavy atom. The van der Waals surface area contributed by atoms with Gasteiger partial charge in [-0.2, -0.15) is 0 Å². The van der Waals surface area contributed by atoms with Gasteiger partial charge < -0.3 is 10.6 Å². The summed E-state index contributed by atoms with van der Waals surface area (Å²) >= 11 is 0. The van der Waals surface area contributed by atoms with Gasteiger partial charge >= 0.3 is 0 Å². The molecule has 3 rings (SSSR count). The van der Waals surface area contributed by atoms with Gasteiger partial charge in [-0.05, 0) is 25.1 Å². The van der Waals surface area contributed by atoms with Crippen molar-refractivity contribution >= 4 is 18.3 Å². The Bertz CT molecular complexity index is 712. The summed E-state index contributed by atoms with van der Waals surface area (Å²) in [5.74, 6) is -0.0765. The van der Waals surface area contributed by atoms with Crippen LogP contribution >= 0.6 is 12.4 Å². The van der Waals surface area contributed by atoms with Crippen LogP contribution in [0.1, 0.15) is 42.6 Å². The number of carbonyl (C=O) groups excluding carboxylic acids is 1. The summed E-state index contributed by atoms with van der Waals surface area (Å²) in [6.45, 7) is 5.50. The minimum Gasteiger partial charge on any atom is -0.345 e. The Labute approximate surface area is 146 Å². The Morgan fingerprint density at radius 1 is 1.42 bits per heavy atom. The molecule has 2 N–H and O–H groups in total. The molecule has 24 heavy (non-hydrogen) atoms. The lowest BCUT2D eigenvalue weighted by molar-refractivity contribution is 0.0929. The van der Waals surface area contributed by atoms with Gasteiger partial charge in [-0.25, -0.2) is 14.1 Å². The topological polar surface area (TPSA) is 71.8 Å². The quantitative estimate of drug-likeness (QED) is 0.882. The summed E-state index contributed by atoms with van der Waals surface area (Å²) in [5.41, 5.74) is 0.297. The van der Waals surface area contributed by atoms with Crippen LogP contribution in [-0.4, -0.2) is 39.8 Å². The Kier molecular flexibility index (Phi) is 5.90. The molecule has 1 amide bonds. The first-order valence-corrected chi connectivity index (χ1v) is 7.79. The van der Waals surface area contributed by atoms with Crippen LogP contribution in [0.5, 0.6) is 0 Å². The van der Waals surface area contributed by atoms with Gasteiger partial charge in [-0.3, -0.25) is 4.79 Å². The van der Waals surface area contributed by atoms with E-state index in [0.29, 0.717) is 11.5 Å². The maximum absolute atomic E-state index is 14.1. The number of rotatable bonds is 4. The predicted octanol–water partition coefficient (Wildman–Crippen LogP) is 2.04. The summed E-state index contributed by atoms with van der Waals surface area (Å²) in [6, 6.07) is 6.42. The third kappa shape index (κ3) is 3.73. The monoisotopic (exact) mass is 353 g/mol. The van der Waals surface area contributed by atoms with Crippen molar-refractivity contribution in [1.29, 1.82) is 0 Å². The second-order valence-corrected chi connectivity index (χ2v) is 5.97. The van der Waals surface area contributed by atoms with Crippen molar-refractivity contribution in [2.24, 2.45) is 0 Å². The highest BCUT2D eigenvalue weighted by atomic mass is 35.5. The lowest BCUT2D eigenvalue weighted by atomic mass is 10.2. The molecule has 6 nitrogen and oxygen atoms in total. The zero-order valence-electron chi connectivity index (χ0n) is 13.6. The maximum atomic E-state index is 14.1. The third-order valence-corrected chi connectivity index (χ3v) is 3.83. The zero-order valence-corrected chi connectivity index (χ0v) is 14.4. The van der Waals surface area contributed by atoms with Crippen LogP contribution in [0.4, 0.5) is 4.39 Å². The molecule has 1 saturated heterocycles. The highest BCUT2D eigenvalue weighted by Gasteiger charge is 2.23. The van der Waals surface area contributed by atoms with Crippen LogP contribution in [-0.2, 0) is 0 Å². The summed E-state index contributed by atoms with van der Waals surface area (Å²) in [5, 5.41) is 10.3. The number of nitrogens with one attached hydrogen (secondary N) is 2. The first kappa shape index (κ1) is 18.4. The van der Waals surface area contributed by atoms with E-state index in [9.17, 15) is 9.18 Å². The van der Waals surface area contributed by atoms with Crippen molar-refractivity contribution in [1.82, 2.24) is 25.4 Å². The molecule has 1 aromatic heterocycles. The lowest BCUT2D eigenvalue weighted by Gasteiger charge is -2.08. The van der Waals surface area contributed by atoms with Gasteiger partial charge in [0.2, 0.25) is 5.82 Å². The molecule has 1 atom stereocenters. The van der Waals surface area contributed by atoms with Gasteiger partial charge in [-0.1, -0.05) is 26.0 Å². The predicted molar refractivity (Wildman–Crippen MR) is 91.4 cm³/mol. The minimum absolute atomic E-state index is 0. The molecule has 8 heteroatoms. The van der Waals surface area contributed by atoms with Crippen molar-refractivity contribution in [3.63, 3.8) is 0 Å².